The van der Waals surface area contributed by atoms with Crippen LogP contribution >= 0.6 is 0 Å². The highest BCUT2D eigenvalue weighted by atomic mass is 16.8. The lowest BCUT2D eigenvalue weighted by molar-refractivity contribution is -0.0697. The third-order valence-electron chi connectivity index (χ3n) is 2.66. The van der Waals surface area contributed by atoms with E-state index in [0.29, 0.717) is 12.8 Å². The van der Waals surface area contributed by atoms with Gasteiger partial charge < -0.3 is 18.9 Å². The first kappa shape index (κ1) is 14.6. The molecule has 0 radical (unpaired) electrons. The Labute approximate surface area is 107 Å². The van der Waals surface area contributed by atoms with Gasteiger partial charge in [-0.3, -0.25) is 0 Å². The molecule has 1 fully saturated rings. The van der Waals surface area contributed by atoms with Crippen molar-refractivity contribution in [2.24, 2.45) is 0 Å². The van der Waals surface area contributed by atoms with E-state index >= 15 is 0 Å². The molecule has 0 aliphatic heterocycles. The Morgan fingerprint density at radius 3 is 1.61 bits per heavy atom. The van der Waals surface area contributed by atoms with Gasteiger partial charge in [-0.05, 0) is 39.5 Å². The molecular formula is C12H20O6. The maximum atomic E-state index is 11.3. The summed E-state index contributed by atoms with van der Waals surface area (Å²) in [7, 11) is 0. The fraction of sp³-hybridized carbons (Fsp3) is 0.833. The second kappa shape index (κ2) is 7.79. The first-order chi connectivity index (χ1) is 8.67. The summed E-state index contributed by atoms with van der Waals surface area (Å²) in [5, 5.41) is 0. The van der Waals surface area contributed by atoms with E-state index in [1.54, 1.807) is 13.8 Å². The van der Waals surface area contributed by atoms with Gasteiger partial charge in [0.2, 0.25) is 0 Å². The monoisotopic (exact) mass is 260 g/mol. The minimum absolute atomic E-state index is 0.259. The first-order valence-corrected chi connectivity index (χ1v) is 6.34. The van der Waals surface area contributed by atoms with Crippen LogP contribution in [0.4, 0.5) is 9.59 Å². The summed E-state index contributed by atoms with van der Waals surface area (Å²) < 4.78 is 19.7. The predicted octanol–water partition coefficient (Wildman–Crippen LogP) is 2.64. The zero-order chi connectivity index (χ0) is 13.4. The van der Waals surface area contributed by atoms with Crippen LogP contribution in [0.15, 0.2) is 0 Å². The SMILES string of the molecule is CCOC(=O)OC1CCCCC1OC(=O)OCC. The van der Waals surface area contributed by atoms with Crippen LogP contribution < -0.4 is 0 Å². The molecule has 0 saturated heterocycles. The molecule has 0 heterocycles. The van der Waals surface area contributed by atoms with Crippen LogP contribution in [0.3, 0.4) is 0 Å². The topological polar surface area (TPSA) is 71.1 Å². The summed E-state index contributed by atoms with van der Waals surface area (Å²) in [5.74, 6) is 0. The Hall–Kier alpha value is -1.46. The number of hydrogen-bond donors (Lipinski definition) is 0. The van der Waals surface area contributed by atoms with Crippen molar-refractivity contribution in [2.45, 2.75) is 51.7 Å². The summed E-state index contributed by atoms with van der Waals surface area (Å²) in [6.07, 6.45) is 0.888. The number of ether oxygens (including phenoxy) is 4. The largest absolute Gasteiger partial charge is 0.508 e. The predicted molar refractivity (Wildman–Crippen MR) is 62.3 cm³/mol. The van der Waals surface area contributed by atoms with Crippen molar-refractivity contribution < 1.29 is 28.5 Å². The molecule has 18 heavy (non-hydrogen) atoms. The molecule has 0 spiro atoms. The molecule has 1 aliphatic rings. The van der Waals surface area contributed by atoms with Gasteiger partial charge in [0.1, 0.15) is 12.2 Å². The molecule has 6 heteroatoms. The molecule has 0 bridgehead atoms. The molecule has 2 unspecified atom stereocenters. The van der Waals surface area contributed by atoms with Gasteiger partial charge in [0.25, 0.3) is 0 Å². The maximum absolute atomic E-state index is 11.3. The number of carbonyl (C=O) groups is 2. The van der Waals surface area contributed by atoms with Gasteiger partial charge >= 0.3 is 12.3 Å². The highest BCUT2D eigenvalue weighted by Gasteiger charge is 2.32. The number of hydrogen-bond acceptors (Lipinski definition) is 6. The van der Waals surface area contributed by atoms with Gasteiger partial charge in [0.15, 0.2) is 0 Å². The molecule has 0 aromatic heterocycles. The molecular weight excluding hydrogens is 240 g/mol. The average molecular weight is 260 g/mol. The van der Waals surface area contributed by atoms with Crippen molar-refractivity contribution in [2.75, 3.05) is 13.2 Å². The minimum Gasteiger partial charge on any atom is -0.435 e. The van der Waals surface area contributed by atoms with E-state index in [0.717, 1.165) is 12.8 Å². The van der Waals surface area contributed by atoms with Gasteiger partial charge in [-0.25, -0.2) is 9.59 Å². The normalized spacial score (nSPS) is 23.0. The fourth-order valence-corrected chi connectivity index (χ4v) is 1.88. The molecule has 0 N–H and O–H groups in total. The van der Waals surface area contributed by atoms with E-state index in [1.807, 2.05) is 0 Å². The van der Waals surface area contributed by atoms with E-state index in [4.69, 9.17) is 18.9 Å². The van der Waals surface area contributed by atoms with Crippen LogP contribution in [0.1, 0.15) is 39.5 Å². The summed E-state index contributed by atoms with van der Waals surface area (Å²) in [5.41, 5.74) is 0. The Bertz CT molecular complexity index is 250. The lowest BCUT2D eigenvalue weighted by atomic mass is 9.95. The molecule has 0 amide bonds. The summed E-state index contributed by atoms with van der Waals surface area (Å²) in [4.78, 5) is 22.5. The second-order valence-electron chi connectivity index (χ2n) is 3.96. The lowest BCUT2D eigenvalue weighted by Crippen LogP contribution is -2.38. The molecule has 104 valence electrons. The van der Waals surface area contributed by atoms with E-state index in [9.17, 15) is 9.59 Å². The van der Waals surface area contributed by atoms with Crippen molar-refractivity contribution in [3.63, 3.8) is 0 Å². The third kappa shape index (κ3) is 4.81. The summed E-state index contributed by atoms with van der Waals surface area (Å²) in [6, 6.07) is 0. The van der Waals surface area contributed by atoms with Crippen LogP contribution in [0, 0.1) is 0 Å². The van der Waals surface area contributed by atoms with Gasteiger partial charge in [-0.1, -0.05) is 0 Å². The first-order valence-electron chi connectivity index (χ1n) is 6.34. The van der Waals surface area contributed by atoms with Crippen LogP contribution in [-0.2, 0) is 18.9 Å². The van der Waals surface area contributed by atoms with E-state index < -0.39 is 24.5 Å². The van der Waals surface area contributed by atoms with Gasteiger partial charge in [0.05, 0.1) is 13.2 Å². The van der Waals surface area contributed by atoms with Crippen molar-refractivity contribution in [3.05, 3.63) is 0 Å². The third-order valence-corrected chi connectivity index (χ3v) is 2.66. The van der Waals surface area contributed by atoms with Crippen molar-refractivity contribution in [1.82, 2.24) is 0 Å². The fourth-order valence-electron chi connectivity index (χ4n) is 1.88. The molecule has 0 aromatic rings. The minimum atomic E-state index is -0.721. The summed E-state index contributed by atoms with van der Waals surface area (Å²) >= 11 is 0. The highest BCUT2D eigenvalue weighted by molar-refractivity contribution is 5.61. The van der Waals surface area contributed by atoms with Crippen molar-refractivity contribution >= 4 is 12.3 Å². The Kier molecular flexibility index (Phi) is 6.32. The zero-order valence-electron chi connectivity index (χ0n) is 10.8. The van der Waals surface area contributed by atoms with Gasteiger partial charge in [-0.2, -0.15) is 0 Å². The zero-order valence-corrected chi connectivity index (χ0v) is 10.8. The van der Waals surface area contributed by atoms with Crippen LogP contribution in [-0.4, -0.2) is 37.7 Å². The van der Waals surface area contributed by atoms with Crippen LogP contribution in [0.5, 0.6) is 0 Å². The molecule has 2 atom stereocenters. The Morgan fingerprint density at radius 1 is 0.889 bits per heavy atom. The van der Waals surface area contributed by atoms with E-state index in [-0.39, 0.29) is 13.2 Å². The van der Waals surface area contributed by atoms with Gasteiger partial charge in [-0.15, -0.1) is 0 Å². The van der Waals surface area contributed by atoms with Crippen molar-refractivity contribution in [3.8, 4) is 0 Å². The van der Waals surface area contributed by atoms with Crippen molar-refractivity contribution in [1.29, 1.82) is 0 Å². The van der Waals surface area contributed by atoms with Gasteiger partial charge in [0, 0.05) is 0 Å². The Balaban J connectivity index is 2.46. The molecule has 0 aromatic carbocycles. The standard InChI is InChI=1S/C12H20O6/c1-3-15-11(13)17-9-7-5-6-8-10(9)18-12(14)16-4-2/h9-10H,3-8H2,1-2H3. The maximum Gasteiger partial charge on any atom is 0.508 e. The number of carbonyl (C=O) groups excluding carboxylic acids is 2. The molecule has 1 rings (SSSR count). The van der Waals surface area contributed by atoms with Crippen LogP contribution in [0.2, 0.25) is 0 Å². The smallest absolute Gasteiger partial charge is 0.435 e. The summed E-state index contributed by atoms with van der Waals surface area (Å²) in [6.45, 7) is 3.92. The second-order valence-corrected chi connectivity index (χ2v) is 3.96. The van der Waals surface area contributed by atoms with E-state index in [2.05, 4.69) is 0 Å². The highest BCUT2D eigenvalue weighted by Crippen LogP contribution is 2.24. The van der Waals surface area contributed by atoms with Crippen LogP contribution in [0.25, 0.3) is 0 Å². The number of rotatable bonds is 4. The lowest BCUT2D eigenvalue weighted by Gasteiger charge is -2.29. The molecule has 1 saturated carbocycles. The van der Waals surface area contributed by atoms with E-state index in [1.165, 1.54) is 0 Å². The average Bonchev–Trinajstić information content (AvgIpc) is 2.32. The molecule has 6 nitrogen and oxygen atoms in total. The molecule has 1 aliphatic carbocycles. The quantitative estimate of drug-likeness (QED) is 0.723. The Morgan fingerprint density at radius 2 is 1.28 bits per heavy atom.